The first kappa shape index (κ1) is 16.3. The van der Waals surface area contributed by atoms with Gasteiger partial charge in [0, 0.05) is 24.7 Å². The van der Waals surface area contributed by atoms with Gasteiger partial charge in [-0.1, -0.05) is 0 Å². The van der Waals surface area contributed by atoms with E-state index < -0.39 is 11.7 Å². The lowest BCUT2D eigenvalue weighted by Gasteiger charge is -2.28. The molecule has 1 amide bonds. The predicted octanol–water partition coefficient (Wildman–Crippen LogP) is 1.97. The number of amides is 1. The van der Waals surface area contributed by atoms with E-state index in [4.69, 9.17) is 0 Å². The van der Waals surface area contributed by atoms with Crippen LogP contribution in [0, 0.1) is 0 Å². The number of carbonyl (C=O) groups is 1. The summed E-state index contributed by atoms with van der Waals surface area (Å²) in [5.41, 5.74) is -0.697. The first-order valence-electron chi connectivity index (χ1n) is 7.83. The van der Waals surface area contributed by atoms with Crippen LogP contribution in [0.5, 0.6) is 0 Å². The van der Waals surface area contributed by atoms with E-state index in [2.05, 4.69) is 25.5 Å². The third-order valence-electron chi connectivity index (χ3n) is 4.11. The van der Waals surface area contributed by atoms with Crippen LogP contribution in [0.25, 0.3) is 22.4 Å². The second-order valence-corrected chi connectivity index (χ2v) is 5.81. The summed E-state index contributed by atoms with van der Waals surface area (Å²) in [5, 5.41) is 9.67. The van der Waals surface area contributed by atoms with Crippen molar-refractivity contribution in [2.75, 3.05) is 24.5 Å². The van der Waals surface area contributed by atoms with Crippen LogP contribution < -0.4 is 10.2 Å². The molecular weight excluding hydrogens is 349 g/mol. The fourth-order valence-electron chi connectivity index (χ4n) is 2.91. The Labute approximate surface area is 145 Å². The molecule has 7 nitrogen and oxygen atoms in total. The number of aromatic amines is 1. The summed E-state index contributed by atoms with van der Waals surface area (Å²) in [6.45, 7) is 0.922. The van der Waals surface area contributed by atoms with E-state index >= 15 is 0 Å². The zero-order valence-corrected chi connectivity index (χ0v) is 13.3. The number of halogens is 3. The quantitative estimate of drug-likeness (QED) is 0.728. The minimum atomic E-state index is -4.58. The van der Waals surface area contributed by atoms with E-state index in [1.54, 1.807) is 17.0 Å². The van der Waals surface area contributed by atoms with Gasteiger partial charge in [-0.3, -0.25) is 9.89 Å². The highest BCUT2D eigenvalue weighted by Crippen LogP contribution is 2.38. The van der Waals surface area contributed by atoms with Crippen LogP contribution in [0.3, 0.4) is 0 Å². The summed E-state index contributed by atoms with van der Waals surface area (Å²) < 4.78 is 40.5. The minimum Gasteiger partial charge on any atom is -0.353 e. The highest BCUT2D eigenvalue weighted by atomic mass is 19.4. The molecule has 0 unspecified atom stereocenters. The average molecular weight is 362 g/mol. The van der Waals surface area contributed by atoms with Gasteiger partial charge in [0.2, 0.25) is 5.91 Å². The molecule has 0 spiro atoms. The van der Waals surface area contributed by atoms with Crippen molar-refractivity contribution in [3.05, 3.63) is 36.0 Å². The number of alkyl halides is 3. The highest BCUT2D eigenvalue weighted by molar-refractivity contribution is 5.91. The van der Waals surface area contributed by atoms with Crippen molar-refractivity contribution in [3.63, 3.8) is 0 Å². The third kappa shape index (κ3) is 2.83. The summed E-state index contributed by atoms with van der Waals surface area (Å²) in [6.07, 6.45) is -3.08. The Hall–Kier alpha value is -3.17. The molecule has 0 radical (unpaired) electrons. The van der Waals surface area contributed by atoms with Gasteiger partial charge in [0.05, 0.1) is 17.8 Å². The average Bonchev–Trinajstić information content (AvgIpc) is 3.04. The lowest BCUT2D eigenvalue weighted by molar-refractivity contribution is -0.137. The summed E-state index contributed by atoms with van der Waals surface area (Å²) in [7, 11) is 0. The number of piperazine rings is 1. The first-order chi connectivity index (χ1) is 12.4. The fourth-order valence-corrected chi connectivity index (χ4v) is 2.91. The molecule has 1 saturated heterocycles. The van der Waals surface area contributed by atoms with Crippen molar-refractivity contribution in [3.8, 4) is 11.4 Å². The minimum absolute atomic E-state index is 0.0447. The van der Waals surface area contributed by atoms with Gasteiger partial charge in [0.1, 0.15) is 11.5 Å². The van der Waals surface area contributed by atoms with Crippen LogP contribution >= 0.6 is 0 Å². The number of fused-ring (bicyclic) bond motifs is 1. The summed E-state index contributed by atoms with van der Waals surface area (Å²) in [6, 6.07) is 5.51. The Kier molecular flexibility index (Phi) is 3.74. The molecule has 1 aliphatic heterocycles. The van der Waals surface area contributed by atoms with Gasteiger partial charge in [0.15, 0.2) is 5.65 Å². The first-order valence-corrected chi connectivity index (χ1v) is 7.83. The van der Waals surface area contributed by atoms with Crippen LogP contribution in [0.2, 0.25) is 0 Å². The van der Waals surface area contributed by atoms with Crippen LogP contribution in [-0.4, -0.2) is 45.7 Å². The normalized spacial score (nSPS) is 15.3. The molecule has 26 heavy (non-hydrogen) atoms. The molecule has 0 aromatic carbocycles. The standard InChI is InChI=1S/C16H13F3N6O/c17-16(18,19)10-3-4-11(25-7-6-20-12(26)8-25)22-14(10)13-9-2-1-5-21-15(9)24-23-13/h1-5H,6-8H2,(H,20,26)(H,21,23,24). The topological polar surface area (TPSA) is 86.8 Å². The fraction of sp³-hybridized carbons (Fsp3) is 0.250. The summed E-state index contributed by atoms with van der Waals surface area (Å²) in [4.78, 5) is 21.5. The zero-order chi connectivity index (χ0) is 18.3. The maximum Gasteiger partial charge on any atom is 0.418 e. The molecule has 2 N–H and O–H groups in total. The smallest absolute Gasteiger partial charge is 0.353 e. The van der Waals surface area contributed by atoms with Gasteiger partial charge in [-0.05, 0) is 24.3 Å². The molecule has 0 aliphatic carbocycles. The van der Waals surface area contributed by atoms with Crippen molar-refractivity contribution in [2.24, 2.45) is 0 Å². The summed E-state index contributed by atoms with van der Waals surface area (Å²) in [5.74, 6) is 0.102. The van der Waals surface area contributed by atoms with Gasteiger partial charge in [0.25, 0.3) is 0 Å². The molecule has 4 rings (SSSR count). The highest BCUT2D eigenvalue weighted by Gasteiger charge is 2.36. The third-order valence-corrected chi connectivity index (χ3v) is 4.11. The molecule has 3 aromatic heterocycles. The Morgan fingerprint density at radius 1 is 1.19 bits per heavy atom. The number of hydrogen-bond donors (Lipinski definition) is 2. The van der Waals surface area contributed by atoms with E-state index in [0.717, 1.165) is 6.07 Å². The second-order valence-electron chi connectivity index (χ2n) is 5.81. The van der Waals surface area contributed by atoms with Crippen molar-refractivity contribution >= 4 is 22.8 Å². The maximum atomic E-state index is 13.5. The zero-order valence-electron chi connectivity index (χ0n) is 13.3. The maximum absolute atomic E-state index is 13.5. The largest absolute Gasteiger partial charge is 0.418 e. The Morgan fingerprint density at radius 3 is 2.81 bits per heavy atom. The molecule has 10 heteroatoms. The number of nitrogens with zero attached hydrogens (tertiary/aromatic N) is 4. The monoisotopic (exact) mass is 362 g/mol. The van der Waals surface area contributed by atoms with Crippen LogP contribution in [0.15, 0.2) is 30.5 Å². The Morgan fingerprint density at radius 2 is 2.04 bits per heavy atom. The number of nitrogens with one attached hydrogen (secondary N) is 2. The SMILES string of the molecule is O=C1CN(c2ccc(C(F)(F)F)c(-c3[nH]nc4ncccc34)n2)CCN1. The number of carbonyl (C=O) groups excluding carboxylic acids is 1. The van der Waals surface area contributed by atoms with E-state index in [0.29, 0.717) is 29.9 Å². The molecule has 1 fully saturated rings. The molecule has 134 valence electrons. The summed E-state index contributed by atoms with van der Waals surface area (Å²) >= 11 is 0. The van der Waals surface area contributed by atoms with Gasteiger partial charge < -0.3 is 10.2 Å². The molecule has 4 heterocycles. The van der Waals surface area contributed by atoms with Crippen LogP contribution in [-0.2, 0) is 11.0 Å². The molecular formula is C16H13F3N6O. The van der Waals surface area contributed by atoms with Gasteiger partial charge in [-0.25, -0.2) is 9.97 Å². The van der Waals surface area contributed by atoms with Crippen molar-refractivity contribution in [1.29, 1.82) is 0 Å². The Bertz CT molecular complexity index is 984. The van der Waals surface area contributed by atoms with Gasteiger partial charge in [-0.2, -0.15) is 18.3 Å². The van der Waals surface area contributed by atoms with Gasteiger partial charge in [-0.15, -0.1) is 0 Å². The number of hydrogen-bond acceptors (Lipinski definition) is 5. The lowest BCUT2D eigenvalue weighted by Crippen LogP contribution is -2.48. The van der Waals surface area contributed by atoms with Crippen molar-refractivity contribution in [2.45, 2.75) is 6.18 Å². The molecule has 3 aromatic rings. The predicted molar refractivity (Wildman–Crippen MR) is 87.3 cm³/mol. The molecule has 0 saturated carbocycles. The molecule has 1 aliphatic rings. The Balaban J connectivity index is 1.87. The number of H-pyrrole nitrogens is 1. The van der Waals surface area contributed by atoms with E-state index in [1.165, 1.54) is 12.3 Å². The lowest BCUT2D eigenvalue weighted by atomic mass is 10.1. The van der Waals surface area contributed by atoms with Crippen LogP contribution in [0.4, 0.5) is 19.0 Å². The van der Waals surface area contributed by atoms with E-state index in [1.807, 2.05) is 0 Å². The number of rotatable bonds is 2. The van der Waals surface area contributed by atoms with E-state index in [-0.39, 0.29) is 23.8 Å². The van der Waals surface area contributed by atoms with Crippen molar-refractivity contribution < 1.29 is 18.0 Å². The number of aromatic nitrogens is 4. The second kappa shape index (κ2) is 5.97. The molecule has 0 atom stereocenters. The van der Waals surface area contributed by atoms with Crippen LogP contribution in [0.1, 0.15) is 5.56 Å². The van der Waals surface area contributed by atoms with Crippen molar-refractivity contribution in [1.82, 2.24) is 25.5 Å². The van der Waals surface area contributed by atoms with E-state index in [9.17, 15) is 18.0 Å². The number of anilines is 1. The number of pyridine rings is 2. The molecule has 0 bridgehead atoms. The van der Waals surface area contributed by atoms with Gasteiger partial charge >= 0.3 is 6.18 Å².